The molecule has 4 aromatic rings. The molecule has 4 amide bonds. The van der Waals surface area contributed by atoms with E-state index < -0.39 is 12.1 Å². The maximum atomic E-state index is 13.2. The van der Waals surface area contributed by atoms with Crippen molar-refractivity contribution < 1.29 is 23.9 Å². The molecule has 2 heterocycles. The fourth-order valence-corrected chi connectivity index (χ4v) is 7.06. The predicted octanol–water partition coefficient (Wildman–Crippen LogP) is 7.78. The van der Waals surface area contributed by atoms with Gasteiger partial charge in [0.05, 0.1) is 24.2 Å². The molecule has 0 bridgehead atoms. The predicted molar refractivity (Wildman–Crippen MR) is 213 cm³/mol. The number of carbonyl (C=O) groups is 4. The number of carbonyl (C=O) groups excluding carboxylic acids is 4. The molecule has 0 radical (unpaired) electrons. The van der Waals surface area contributed by atoms with Crippen molar-refractivity contribution in [1.82, 2.24) is 30.8 Å². The Balaban J connectivity index is 0.00000181. The van der Waals surface area contributed by atoms with Crippen LogP contribution in [-0.4, -0.2) is 70.5 Å². The largest absolute Gasteiger partial charge is 0.453 e. The van der Waals surface area contributed by atoms with Crippen molar-refractivity contribution in [3.05, 3.63) is 78.1 Å². The van der Waals surface area contributed by atoms with Crippen molar-refractivity contribution >= 4 is 34.8 Å². The summed E-state index contributed by atoms with van der Waals surface area (Å²) in [7, 11) is 1.24. The molecule has 1 saturated carbocycles. The van der Waals surface area contributed by atoms with Crippen LogP contribution in [0.15, 0.2) is 66.7 Å². The normalized spacial score (nSPS) is 19.1. The first kappa shape index (κ1) is 40.0. The maximum Gasteiger partial charge on any atom is 0.407 e. The van der Waals surface area contributed by atoms with Gasteiger partial charge in [-0.1, -0.05) is 83.5 Å². The number of methoxy groups -OCH3 is 1. The third-order valence-corrected chi connectivity index (χ3v) is 10.5. The Kier molecular flexibility index (Phi) is 13.5. The quantitative estimate of drug-likeness (QED) is 0.131. The molecule has 4 N–H and O–H groups in total. The number of imidazole rings is 1. The number of aromatic amines is 1. The van der Waals surface area contributed by atoms with E-state index in [1.807, 2.05) is 42.2 Å². The second-order valence-electron chi connectivity index (χ2n) is 14.9. The van der Waals surface area contributed by atoms with E-state index in [0.717, 1.165) is 77.8 Å². The number of amides is 4. The van der Waals surface area contributed by atoms with E-state index in [4.69, 9.17) is 4.98 Å². The summed E-state index contributed by atoms with van der Waals surface area (Å²) in [6.07, 6.45) is 4.84. The standard InChI is InChI=1S/C40H48N6O5.C3H8/c1-23(2)24(3)39(49)46-21-7-10-35(46)36-42-33-20-19-30(22-34(33)43-36)28-13-11-26(12-14-28)27-15-17-29(18-16-27)38(48)45-32-9-6-8-31(32)44-37(47)25(4)41-40(50)51-5;1-3-2/h11-20,22-25,31-32,35H,6-10,21H2,1-5H3,(H,41,50)(H,42,43)(H,44,47)(H,45,48);3H2,1-2H3/t24-,25-,31-,32-,35-;/m0./s1. The first-order valence-electron chi connectivity index (χ1n) is 19.4. The highest BCUT2D eigenvalue weighted by atomic mass is 16.5. The first-order chi connectivity index (χ1) is 25.9. The molecule has 288 valence electrons. The molecule has 6 rings (SSSR count). The minimum absolute atomic E-state index is 0.0196. The summed E-state index contributed by atoms with van der Waals surface area (Å²) >= 11 is 0. The molecule has 2 aliphatic rings. The number of hydrogen-bond acceptors (Lipinski definition) is 6. The molecule has 11 heteroatoms. The molecule has 1 aliphatic carbocycles. The SMILES string of the molecule is CCC.COC(=O)N[C@@H](C)C(=O)N[C@H]1CCC[C@@H]1NC(=O)c1ccc(-c2ccc(-c3ccc4nc([C@@H]5CCCN5C(=O)[C@@H](C)C(C)C)[nH]c4c3)cc2)cc1. The van der Waals surface area contributed by atoms with Crippen LogP contribution in [0.25, 0.3) is 33.3 Å². The third-order valence-electron chi connectivity index (χ3n) is 10.5. The molecular formula is C43H56N6O5. The van der Waals surface area contributed by atoms with Crippen LogP contribution < -0.4 is 16.0 Å². The summed E-state index contributed by atoms with van der Waals surface area (Å²) in [5, 5.41) is 8.50. The average molecular weight is 737 g/mol. The highest BCUT2D eigenvalue weighted by Crippen LogP contribution is 2.35. The summed E-state index contributed by atoms with van der Waals surface area (Å²) in [5.41, 5.74) is 6.55. The van der Waals surface area contributed by atoms with Gasteiger partial charge in [-0.2, -0.15) is 0 Å². The minimum Gasteiger partial charge on any atom is -0.453 e. The van der Waals surface area contributed by atoms with Crippen molar-refractivity contribution in [2.45, 2.75) is 104 Å². The number of rotatable bonds is 10. The van der Waals surface area contributed by atoms with Gasteiger partial charge in [-0.25, -0.2) is 9.78 Å². The van der Waals surface area contributed by atoms with Crippen LogP contribution in [-0.2, 0) is 14.3 Å². The average Bonchev–Trinajstić information content (AvgIpc) is 3.94. The van der Waals surface area contributed by atoms with E-state index in [2.05, 4.69) is 89.8 Å². The number of hydrogen-bond donors (Lipinski definition) is 4. The summed E-state index contributed by atoms with van der Waals surface area (Å²) < 4.78 is 4.57. The van der Waals surface area contributed by atoms with E-state index in [9.17, 15) is 19.2 Å². The van der Waals surface area contributed by atoms with E-state index in [1.54, 1.807) is 6.92 Å². The lowest BCUT2D eigenvalue weighted by atomic mass is 9.96. The molecule has 0 unspecified atom stereocenters. The van der Waals surface area contributed by atoms with Crippen molar-refractivity contribution in [2.75, 3.05) is 13.7 Å². The van der Waals surface area contributed by atoms with Crippen LogP contribution in [0.5, 0.6) is 0 Å². The number of alkyl carbamates (subject to hydrolysis) is 1. The van der Waals surface area contributed by atoms with Gasteiger partial charge in [-0.15, -0.1) is 0 Å². The van der Waals surface area contributed by atoms with Gasteiger partial charge < -0.3 is 30.6 Å². The van der Waals surface area contributed by atoms with Gasteiger partial charge in [0.2, 0.25) is 11.8 Å². The highest BCUT2D eigenvalue weighted by Gasteiger charge is 2.35. The Morgan fingerprint density at radius 2 is 1.39 bits per heavy atom. The van der Waals surface area contributed by atoms with Crippen LogP contribution in [0.3, 0.4) is 0 Å². The number of ether oxygens (including phenoxy) is 1. The fraction of sp³-hybridized carbons (Fsp3) is 0.465. The highest BCUT2D eigenvalue weighted by molar-refractivity contribution is 5.95. The van der Waals surface area contributed by atoms with Crippen LogP contribution in [0.2, 0.25) is 0 Å². The molecular weight excluding hydrogens is 681 g/mol. The van der Waals surface area contributed by atoms with Gasteiger partial charge in [0.1, 0.15) is 11.9 Å². The Labute approximate surface area is 319 Å². The lowest BCUT2D eigenvalue weighted by Gasteiger charge is -2.27. The topological polar surface area (TPSA) is 146 Å². The molecule has 2 fully saturated rings. The van der Waals surface area contributed by atoms with Gasteiger partial charge in [-0.05, 0) is 91.5 Å². The number of nitrogens with one attached hydrogen (secondary N) is 4. The van der Waals surface area contributed by atoms with Crippen LogP contribution in [0.1, 0.15) is 102 Å². The second-order valence-corrected chi connectivity index (χ2v) is 14.9. The summed E-state index contributed by atoms with van der Waals surface area (Å²) in [4.78, 5) is 60.8. The summed E-state index contributed by atoms with van der Waals surface area (Å²) in [5.74, 6) is 0.811. The molecule has 5 atom stereocenters. The molecule has 1 aromatic heterocycles. The molecule has 1 aliphatic heterocycles. The van der Waals surface area contributed by atoms with Crippen LogP contribution >= 0.6 is 0 Å². The van der Waals surface area contributed by atoms with Crippen molar-refractivity contribution in [3.8, 4) is 22.3 Å². The van der Waals surface area contributed by atoms with Gasteiger partial charge >= 0.3 is 6.09 Å². The zero-order valence-electron chi connectivity index (χ0n) is 32.7. The second kappa shape index (κ2) is 18.2. The number of nitrogens with zero attached hydrogens (tertiary/aromatic N) is 2. The lowest BCUT2D eigenvalue weighted by molar-refractivity contribution is -0.137. The van der Waals surface area contributed by atoms with E-state index >= 15 is 0 Å². The number of likely N-dealkylation sites (tertiary alicyclic amines) is 1. The Morgan fingerprint density at radius 3 is 2.00 bits per heavy atom. The number of fused-ring (bicyclic) bond motifs is 1. The maximum absolute atomic E-state index is 13.2. The summed E-state index contributed by atoms with van der Waals surface area (Å²) in [6.45, 7) is 12.8. The van der Waals surface area contributed by atoms with Crippen LogP contribution in [0, 0.1) is 11.8 Å². The van der Waals surface area contributed by atoms with E-state index in [-0.39, 0.29) is 41.8 Å². The van der Waals surface area contributed by atoms with Crippen molar-refractivity contribution in [3.63, 3.8) is 0 Å². The molecule has 11 nitrogen and oxygen atoms in total. The first-order valence-corrected chi connectivity index (χ1v) is 19.4. The number of benzene rings is 3. The van der Waals surface area contributed by atoms with Crippen molar-refractivity contribution in [1.29, 1.82) is 0 Å². The Hall–Kier alpha value is -5.19. The van der Waals surface area contributed by atoms with Gasteiger partial charge in [0.15, 0.2) is 0 Å². The molecule has 1 saturated heterocycles. The smallest absolute Gasteiger partial charge is 0.407 e. The van der Waals surface area contributed by atoms with Gasteiger partial charge in [-0.3, -0.25) is 14.4 Å². The number of H-pyrrole nitrogens is 1. The monoisotopic (exact) mass is 736 g/mol. The molecule has 54 heavy (non-hydrogen) atoms. The molecule has 0 spiro atoms. The zero-order valence-corrected chi connectivity index (χ0v) is 32.7. The third kappa shape index (κ3) is 9.48. The Morgan fingerprint density at radius 1 is 0.815 bits per heavy atom. The van der Waals surface area contributed by atoms with Gasteiger partial charge in [0.25, 0.3) is 5.91 Å². The lowest BCUT2D eigenvalue weighted by Crippen LogP contribution is -2.53. The zero-order chi connectivity index (χ0) is 38.9. The van der Waals surface area contributed by atoms with E-state index in [1.165, 1.54) is 13.5 Å². The molecule has 3 aromatic carbocycles. The minimum atomic E-state index is -0.755. The summed E-state index contributed by atoms with van der Waals surface area (Å²) in [6, 6.07) is 20.9. The van der Waals surface area contributed by atoms with E-state index in [0.29, 0.717) is 11.5 Å². The van der Waals surface area contributed by atoms with Gasteiger partial charge in [0, 0.05) is 30.1 Å². The number of aromatic nitrogens is 2. The Bertz CT molecular complexity index is 1900. The van der Waals surface area contributed by atoms with Crippen LogP contribution in [0.4, 0.5) is 4.79 Å². The van der Waals surface area contributed by atoms with Crippen molar-refractivity contribution in [2.24, 2.45) is 11.8 Å². The fourth-order valence-electron chi connectivity index (χ4n) is 7.06.